The number of rotatable bonds is 4. The molecule has 1 saturated carbocycles. The van der Waals surface area contributed by atoms with E-state index in [4.69, 9.17) is 0 Å². The molecule has 0 amide bonds. The molecule has 1 N–H and O–H groups in total. The average Bonchev–Trinajstić information content (AvgIpc) is 3.02. The van der Waals surface area contributed by atoms with Crippen LogP contribution in [0.4, 0.5) is 0 Å². The van der Waals surface area contributed by atoms with Gasteiger partial charge in [0.2, 0.25) is 0 Å². The van der Waals surface area contributed by atoms with Crippen LogP contribution < -0.4 is 5.32 Å². The van der Waals surface area contributed by atoms with E-state index in [2.05, 4.69) is 37.9 Å². The van der Waals surface area contributed by atoms with Crippen LogP contribution in [0, 0.1) is 5.92 Å². The van der Waals surface area contributed by atoms with E-state index in [0.29, 0.717) is 11.1 Å². The fourth-order valence-electron chi connectivity index (χ4n) is 3.46. The Morgan fingerprint density at radius 1 is 1.35 bits per heavy atom. The Bertz CT molecular complexity index is 258. The molecule has 1 saturated heterocycles. The topological polar surface area (TPSA) is 15.3 Å². The summed E-state index contributed by atoms with van der Waals surface area (Å²) in [5, 5.41) is 3.82. The van der Waals surface area contributed by atoms with Crippen LogP contribution in [0.5, 0.6) is 0 Å². The van der Waals surface area contributed by atoms with Crippen molar-refractivity contribution in [1.82, 2.24) is 10.2 Å². The standard InChI is InChI=1S/C15H30N2/c1-5-9-14(2,3)17-11-6-10-16-15(4,12-17)13-7-8-13/h13,16H,5-12H2,1-4H3. The maximum Gasteiger partial charge on any atom is 0.0308 e. The molecule has 0 aromatic rings. The molecule has 2 aliphatic rings. The zero-order valence-electron chi connectivity index (χ0n) is 12.2. The van der Waals surface area contributed by atoms with E-state index in [-0.39, 0.29) is 0 Å². The SMILES string of the molecule is CCCC(C)(C)N1CCCNC(C)(C2CC2)C1. The molecule has 0 aromatic heterocycles. The highest BCUT2D eigenvalue weighted by molar-refractivity contribution is 5.02. The molecule has 100 valence electrons. The summed E-state index contributed by atoms with van der Waals surface area (Å²) in [5.41, 5.74) is 0.748. The molecule has 2 heteroatoms. The van der Waals surface area contributed by atoms with Gasteiger partial charge in [-0.2, -0.15) is 0 Å². The van der Waals surface area contributed by atoms with Gasteiger partial charge in [-0.15, -0.1) is 0 Å². The van der Waals surface area contributed by atoms with Gasteiger partial charge >= 0.3 is 0 Å². The first kappa shape index (κ1) is 13.4. The molecule has 1 aliphatic heterocycles. The molecular weight excluding hydrogens is 208 g/mol. The second-order valence-electron chi connectivity index (χ2n) is 6.96. The van der Waals surface area contributed by atoms with Gasteiger partial charge < -0.3 is 5.32 Å². The van der Waals surface area contributed by atoms with Crippen molar-refractivity contribution in [2.45, 2.75) is 70.9 Å². The molecule has 2 fully saturated rings. The molecule has 2 rings (SSSR count). The van der Waals surface area contributed by atoms with Gasteiger partial charge in [-0.1, -0.05) is 13.3 Å². The number of hydrogen-bond acceptors (Lipinski definition) is 2. The molecule has 0 spiro atoms. The van der Waals surface area contributed by atoms with Crippen LogP contribution in [0.1, 0.15) is 59.8 Å². The Hall–Kier alpha value is -0.0800. The minimum absolute atomic E-state index is 0.372. The van der Waals surface area contributed by atoms with Crippen LogP contribution in [0.2, 0.25) is 0 Å². The molecular formula is C15H30N2. The average molecular weight is 238 g/mol. The van der Waals surface area contributed by atoms with Gasteiger partial charge in [-0.3, -0.25) is 4.90 Å². The number of nitrogens with zero attached hydrogens (tertiary/aromatic N) is 1. The highest BCUT2D eigenvalue weighted by atomic mass is 15.2. The summed E-state index contributed by atoms with van der Waals surface area (Å²) in [6.07, 6.45) is 6.78. The maximum absolute atomic E-state index is 3.82. The minimum Gasteiger partial charge on any atom is -0.310 e. The quantitative estimate of drug-likeness (QED) is 0.810. The van der Waals surface area contributed by atoms with Gasteiger partial charge in [-0.05, 0) is 65.5 Å². The van der Waals surface area contributed by atoms with E-state index < -0.39 is 0 Å². The largest absolute Gasteiger partial charge is 0.310 e. The van der Waals surface area contributed by atoms with Crippen molar-refractivity contribution in [2.24, 2.45) is 5.92 Å². The van der Waals surface area contributed by atoms with Gasteiger partial charge in [0, 0.05) is 17.6 Å². The molecule has 17 heavy (non-hydrogen) atoms. The highest BCUT2D eigenvalue weighted by Gasteiger charge is 2.44. The zero-order chi connectivity index (χ0) is 12.5. The predicted octanol–water partition coefficient (Wildman–Crippen LogP) is 3.03. The Morgan fingerprint density at radius 2 is 2.06 bits per heavy atom. The van der Waals surface area contributed by atoms with Gasteiger partial charge in [0.1, 0.15) is 0 Å². The lowest BCUT2D eigenvalue weighted by Gasteiger charge is -2.43. The zero-order valence-corrected chi connectivity index (χ0v) is 12.2. The summed E-state index contributed by atoms with van der Waals surface area (Å²) in [6, 6.07) is 0. The van der Waals surface area contributed by atoms with Crippen molar-refractivity contribution in [1.29, 1.82) is 0 Å². The Kier molecular flexibility index (Phi) is 3.84. The molecule has 1 heterocycles. The summed E-state index contributed by atoms with van der Waals surface area (Å²) in [4.78, 5) is 2.74. The normalized spacial score (nSPS) is 32.5. The van der Waals surface area contributed by atoms with E-state index >= 15 is 0 Å². The summed E-state index contributed by atoms with van der Waals surface area (Å²) in [7, 11) is 0. The number of hydrogen-bond donors (Lipinski definition) is 1. The first-order valence-electron chi connectivity index (χ1n) is 7.48. The summed E-state index contributed by atoms with van der Waals surface area (Å²) < 4.78 is 0. The van der Waals surface area contributed by atoms with Gasteiger partial charge in [-0.25, -0.2) is 0 Å². The minimum atomic E-state index is 0.372. The molecule has 0 aromatic carbocycles. The Morgan fingerprint density at radius 3 is 2.65 bits per heavy atom. The van der Waals surface area contributed by atoms with Crippen LogP contribution in [-0.4, -0.2) is 35.6 Å². The van der Waals surface area contributed by atoms with E-state index in [0.717, 1.165) is 5.92 Å². The van der Waals surface area contributed by atoms with Gasteiger partial charge in [0.25, 0.3) is 0 Å². The lowest BCUT2D eigenvalue weighted by molar-refractivity contribution is 0.0832. The summed E-state index contributed by atoms with van der Waals surface area (Å²) >= 11 is 0. The summed E-state index contributed by atoms with van der Waals surface area (Å²) in [5.74, 6) is 0.931. The van der Waals surface area contributed by atoms with Gasteiger partial charge in [0.05, 0.1) is 0 Å². The van der Waals surface area contributed by atoms with Crippen LogP contribution >= 0.6 is 0 Å². The molecule has 2 nitrogen and oxygen atoms in total. The first-order valence-corrected chi connectivity index (χ1v) is 7.48. The first-order chi connectivity index (χ1) is 7.98. The van der Waals surface area contributed by atoms with Crippen LogP contribution in [-0.2, 0) is 0 Å². The molecule has 1 aliphatic carbocycles. The fraction of sp³-hybridized carbons (Fsp3) is 1.00. The van der Waals surface area contributed by atoms with E-state index in [1.54, 1.807) is 0 Å². The fourth-order valence-corrected chi connectivity index (χ4v) is 3.46. The third-order valence-corrected chi connectivity index (χ3v) is 4.85. The molecule has 1 atom stereocenters. The molecule has 0 radical (unpaired) electrons. The number of nitrogens with one attached hydrogen (secondary N) is 1. The monoisotopic (exact) mass is 238 g/mol. The van der Waals surface area contributed by atoms with Crippen molar-refractivity contribution < 1.29 is 0 Å². The van der Waals surface area contributed by atoms with Crippen LogP contribution in [0.3, 0.4) is 0 Å². The van der Waals surface area contributed by atoms with Crippen molar-refractivity contribution in [2.75, 3.05) is 19.6 Å². The predicted molar refractivity (Wildman–Crippen MR) is 74.3 cm³/mol. The van der Waals surface area contributed by atoms with Crippen molar-refractivity contribution >= 4 is 0 Å². The summed E-state index contributed by atoms with van der Waals surface area (Å²) in [6.45, 7) is 13.3. The lowest BCUT2D eigenvalue weighted by Crippen LogP contribution is -2.55. The maximum atomic E-state index is 3.82. The Balaban J connectivity index is 2.06. The van der Waals surface area contributed by atoms with Crippen molar-refractivity contribution in [3.8, 4) is 0 Å². The van der Waals surface area contributed by atoms with Gasteiger partial charge in [0.15, 0.2) is 0 Å². The van der Waals surface area contributed by atoms with E-state index in [1.807, 2.05) is 0 Å². The molecule has 1 unspecified atom stereocenters. The van der Waals surface area contributed by atoms with E-state index in [9.17, 15) is 0 Å². The van der Waals surface area contributed by atoms with Crippen molar-refractivity contribution in [3.05, 3.63) is 0 Å². The third kappa shape index (κ3) is 3.03. The van der Waals surface area contributed by atoms with Crippen LogP contribution in [0.15, 0.2) is 0 Å². The lowest BCUT2D eigenvalue weighted by atomic mass is 9.90. The van der Waals surface area contributed by atoms with Crippen LogP contribution in [0.25, 0.3) is 0 Å². The smallest absolute Gasteiger partial charge is 0.0308 e. The highest BCUT2D eigenvalue weighted by Crippen LogP contribution is 2.41. The Labute approximate surface area is 107 Å². The second-order valence-corrected chi connectivity index (χ2v) is 6.96. The van der Waals surface area contributed by atoms with E-state index in [1.165, 1.54) is 51.7 Å². The van der Waals surface area contributed by atoms with Crippen molar-refractivity contribution in [3.63, 3.8) is 0 Å². The molecule has 0 bridgehead atoms. The third-order valence-electron chi connectivity index (χ3n) is 4.85. The second kappa shape index (κ2) is 4.89.